The Kier molecular flexibility index (Phi) is 5.79. The van der Waals surface area contributed by atoms with Crippen molar-refractivity contribution in [2.24, 2.45) is 0 Å². The number of rotatable bonds is 3. The summed E-state index contributed by atoms with van der Waals surface area (Å²) in [5.41, 5.74) is 0. The third-order valence-electron chi connectivity index (χ3n) is 0.753. The van der Waals surface area contributed by atoms with Gasteiger partial charge in [-0.15, -0.1) is 0 Å². The van der Waals surface area contributed by atoms with Crippen LogP contribution in [0.2, 0.25) is 0 Å². The quantitative estimate of drug-likeness (QED) is 0.349. The minimum Gasteiger partial charge on any atom is -0.276 e. The van der Waals surface area contributed by atoms with Gasteiger partial charge in [0.2, 0.25) is 5.24 Å². The van der Waals surface area contributed by atoms with E-state index in [9.17, 15) is 4.79 Å². The van der Waals surface area contributed by atoms with Crippen molar-refractivity contribution in [3.63, 3.8) is 0 Å². The Hall–Kier alpha value is -0.820. The summed E-state index contributed by atoms with van der Waals surface area (Å²) in [6, 6.07) is 0. The lowest BCUT2D eigenvalue weighted by Gasteiger charge is -1.72. The first-order chi connectivity index (χ1) is 4.77. The highest BCUT2D eigenvalue weighted by atomic mass is 35.5. The van der Waals surface area contributed by atoms with Crippen molar-refractivity contribution in [3.8, 4) is 0 Å². The first-order valence-corrected chi connectivity index (χ1v) is 3.30. The average Bonchev–Trinajstić information content (AvgIpc) is 1.87. The van der Waals surface area contributed by atoms with Crippen LogP contribution >= 0.6 is 11.6 Å². The van der Waals surface area contributed by atoms with E-state index in [4.69, 9.17) is 11.6 Å². The Bertz CT molecular complexity index is 178. The lowest BCUT2D eigenvalue weighted by atomic mass is 10.4. The Morgan fingerprint density at radius 3 is 2.30 bits per heavy atom. The molecule has 0 radical (unpaired) electrons. The highest BCUT2D eigenvalue weighted by Crippen LogP contribution is 1.84. The van der Waals surface area contributed by atoms with Crippen molar-refractivity contribution in [1.29, 1.82) is 0 Å². The second-order valence-corrected chi connectivity index (χ2v) is 1.95. The van der Waals surface area contributed by atoms with Gasteiger partial charge in [0, 0.05) is 0 Å². The lowest BCUT2D eigenvalue weighted by Crippen LogP contribution is -1.71. The molecule has 0 aliphatic rings. The molecule has 0 unspecified atom stereocenters. The summed E-state index contributed by atoms with van der Waals surface area (Å²) in [6.07, 6.45) is 10.2. The molecule has 0 aromatic heterocycles. The van der Waals surface area contributed by atoms with Gasteiger partial charge in [-0.25, -0.2) is 0 Å². The van der Waals surface area contributed by atoms with Crippen LogP contribution in [-0.2, 0) is 4.79 Å². The standard InChI is InChI=1S/C8H9ClO/c1-2-3-4-5-6-7-8(9)10/h2-7H,1H3. The molecule has 54 valence electrons. The zero-order valence-electron chi connectivity index (χ0n) is 5.75. The summed E-state index contributed by atoms with van der Waals surface area (Å²) in [5.74, 6) is 0. The first kappa shape index (κ1) is 9.18. The second kappa shape index (κ2) is 6.30. The monoisotopic (exact) mass is 156 g/mol. The molecule has 10 heavy (non-hydrogen) atoms. The number of hydrogen-bond donors (Lipinski definition) is 0. The van der Waals surface area contributed by atoms with E-state index in [0.717, 1.165) is 0 Å². The molecule has 0 amide bonds. The fraction of sp³-hybridized carbons (Fsp3) is 0.125. The van der Waals surface area contributed by atoms with Crippen molar-refractivity contribution >= 4 is 16.8 Å². The maximum absolute atomic E-state index is 10.1. The molecule has 0 bridgehead atoms. The molecule has 0 aliphatic heterocycles. The molecule has 0 aromatic carbocycles. The van der Waals surface area contributed by atoms with Gasteiger partial charge in [-0.05, 0) is 24.6 Å². The van der Waals surface area contributed by atoms with E-state index >= 15 is 0 Å². The minimum absolute atomic E-state index is 0.454. The molecule has 0 heterocycles. The number of hydrogen-bond acceptors (Lipinski definition) is 1. The Labute approximate surface area is 65.7 Å². The van der Waals surface area contributed by atoms with Crippen LogP contribution in [0, 0.1) is 0 Å². The molecule has 0 saturated carbocycles. The van der Waals surface area contributed by atoms with Gasteiger partial charge >= 0.3 is 0 Å². The van der Waals surface area contributed by atoms with Crippen molar-refractivity contribution < 1.29 is 4.79 Å². The topological polar surface area (TPSA) is 17.1 Å². The first-order valence-electron chi connectivity index (χ1n) is 2.93. The maximum Gasteiger partial charge on any atom is 0.245 e. The summed E-state index contributed by atoms with van der Waals surface area (Å²) in [7, 11) is 0. The maximum atomic E-state index is 10.1. The van der Waals surface area contributed by atoms with Gasteiger partial charge < -0.3 is 0 Å². The van der Waals surface area contributed by atoms with Crippen molar-refractivity contribution in [2.45, 2.75) is 6.92 Å². The molecule has 0 aromatic rings. The van der Waals surface area contributed by atoms with Crippen molar-refractivity contribution in [3.05, 3.63) is 36.5 Å². The van der Waals surface area contributed by atoms with Gasteiger partial charge in [0.15, 0.2) is 0 Å². The zero-order valence-corrected chi connectivity index (χ0v) is 6.51. The van der Waals surface area contributed by atoms with Crippen LogP contribution in [0.15, 0.2) is 36.5 Å². The Balaban J connectivity index is 3.62. The summed E-state index contributed by atoms with van der Waals surface area (Å²) in [5, 5.41) is -0.454. The lowest BCUT2D eigenvalue weighted by molar-refractivity contribution is -0.107. The molecular weight excluding hydrogens is 148 g/mol. The van der Waals surface area contributed by atoms with Crippen LogP contribution < -0.4 is 0 Å². The number of carbonyl (C=O) groups excluding carboxylic acids is 1. The Morgan fingerprint density at radius 1 is 1.20 bits per heavy atom. The van der Waals surface area contributed by atoms with Gasteiger partial charge in [-0.3, -0.25) is 4.79 Å². The third-order valence-corrected chi connectivity index (χ3v) is 0.879. The highest BCUT2D eigenvalue weighted by molar-refractivity contribution is 6.66. The molecule has 0 aliphatic carbocycles. The van der Waals surface area contributed by atoms with Crippen LogP contribution in [0.25, 0.3) is 0 Å². The average molecular weight is 157 g/mol. The molecule has 0 atom stereocenters. The van der Waals surface area contributed by atoms with Gasteiger partial charge in [0.1, 0.15) is 0 Å². The molecule has 0 saturated heterocycles. The highest BCUT2D eigenvalue weighted by Gasteiger charge is 1.79. The fourth-order valence-corrected chi connectivity index (χ4v) is 0.443. The molecule has 0 rings (SSSR count). The predicted octanol–water partition coefficient (Wildman–Crippen LogP) is 2.44. The van der Waals surface area contributed by atoms with Crippen LogP contribution in [0.5, 0.6) is 0 Å². The van der Waals surface area contributed by atoms with Crippen LogP contribution in [-0.4, -0.2) is 5.24 Å². The zero-order chi connectivity index (χ0) is 7.82. The van der Waals surface area contributed by atoms with E-state index in [2.05, 4.69) is 0 Å². The normalized spacial score (nSPS) is 12.2. The van der Waals surface area contributed by atoms with Crippen molar-refractivity contribution in [1.82, 2.24) is 0 Å². The van der Waals surface area contributed by atoms with Gasteiger partial charge in [-0.1, -0.05) is 30.4 Å². The van der Waals surface area contributed by atoms with Gasteiger partial charge in [0.05, 0.1) is 0 Å². The third kappa shape index (κ3) is 7.18. The number of allylic oxidation sites excluding steroid dienone is 6. The molecule has 1 nitrogen and oxygen atoms in total. The van der Waals surface area contributed by atoms with Crippen LogP contribution in [0.4, 0.5) is 0 Å². The molecule has 0 N–H and O–H groups in total. The SMILES string of the molecule is CC=CC=CC=CC(=O)Cl. The summed E-state index contributed by atoms with van der Waals surface area (Å²) < 4.78 is 0. The van der Waals surface area contributed by atoms with Gasteiger partial charge in [-0.2, -0.15) is 0 Å². The van der Waals surface area contributed by atoms with Crippen LogP contribution in [0.3, 0.4) is 0 Å². The predicted molar refractivity (Wildman–Crippen MR) is 44.0 cm³/mol. The van der Waals surface area contributed by atoms with E-state index in [1.807, 2.05) is 25.2 Å². The molecule has 0 fully saturated rings. The fourth-order valence-electron chi connectivity index (χ4n) is 0.371. The summed E-state index contributed by atoms with van der Waals surface area (Å²) in [4.78, 5) is 10.1. The van der Waals surface area contributed by atoms with E-state index < -0.39 is 5.24 Å². The Morgan fingerprint density at radius 2 is 1.80 bits per heavy atom. The van der Waals surface area contributed by atoms with E-state index in [1.165, 1.54) is 6.08 Å². The number of carbonyl (C=O) groups is 1. The summed E-state index contributed by atoms with van der Waals surface area (Å²) in [6.45, 7) is 1.92. The molecule has 2 heteroatoms. The minimum atomic E-state index is -0.454. The van der Waals surface area contributed by atoms with Gasteiger partial charge in [0.25, 0.3) is 0 Å². The van der Waals surface area contributed by atoms with Crippen molar-refractivity contribution in [2.75, 3.05) is 0 Å². The number of halogens is 1. The molecule has 0 spiro atoms. The van der Waals surface area contributed by atoms with E-state index in [0.29, 0.717) is 0 Å². The smallest absolute Gasteiger partial charge is 0.245 e. The van der Waals surface area contributed by atoms with E-state index in [-0.39, 0.29) is 0 Å². The molecular formula is C8H9ClO. The second-order valence-electron chi connectivity index (χ2n) is 1.57. The van der Waals surface area contributed by atoms with E-state index in [1.54, 1.807) is 12.2 Å². The van der Waals surface area contributed by atoms with Crippen LogP contribution in [0.1, 0.15) is 6.92 Å². The summed E-state index contributed by atoms with van der Waals surface area (Å²) >= 11 is 5.01. The largest absolute Gasteiger partial charge is 0.276 e.